The maximum Gasteiger partial charge on any atom is 0.416 e. The summed E-state index contributed by atoms with van der Waals surface area (Å²) >= 11 is 0. The summed E-state index contributed by atoms with van der Waals surface area (Å²) in [5, 5.41) is 9.31. The Hall–Kier alpha value is -2.58. The molecule has 4 rings (SSSR count). The third-order valence-corrected chi connectivity index (χ3v) is 7.97. The minimum absolute atomic E-state index is 0.00830. The van der Waals surface area contributed by atoms with Crippen molar-refractivity contribution in [3.63, 3.8) is 0 Å². The summed E-state index contributed by atoms with van der Waals surface area (Å²) in [4.78, 5) is 17.3. The molecule has 0 radical (unpaired) electrons. The number of aliphatic hydroxyl groups excluding tert-OH is 1. The number of alkyl halides is 3. The lowest BCUT2D eigenvalue weighted by Gasteiger charge is -2.34. The highest BCUT2D eigenvalue weighted by molar-refractivity contribution is 5.94. The van der Waals surface area contributed by atoms with Crippen molar-refractivity contribution in [2.24, 2.45) is 11.8 Å². The molecule has 0 aromatic heterocycles. The van der Waals surface area contributed by atoms with Gasteiger partial charge in [-0.15, -0.1) is 0 Å². The number of likely N-dealkylation sites (tertiary alicyclic amines) is 1. The van der Waals surface area contributed by atoms with E-state index in [0.717, 1.165) is 62.2 Å². The lowest BCUT2D eigenvalue weighted by atomic mass is 9.85. The van der Waals surface area contributed by atoms with Gasteiger partial charge in [0.1, 0.15) is 0 Å². The molecule has 2 heterocycles. The largest absolute Gasteiger partial charge is 0.416 e. The molecule has 8 heteroatoms. The van der Waals surface area contributed by atoms with Gasteiger partial charge in [0.25, 0.3) is 5.91 Å². The summed E-state index contributed by atoms with van der Waals surface area (Å²) in [5.41, 5.74) is 1.36. The molecule has 1 N–H and O–H groups in total. The molecule has 0 spiro atoms. The number of fused-ring (bicyclic) bond motifs is 1. The number of nitrogens with zero attached hydrogens (tertiary/aromatic N) is 2. The molecule has 2 aliphatic heterocycles. The Kier molecular flexibility index (Phi) is 8.49. The fourth-order valence-electron chi connectivity index (χ4n) is 5.82. The number of hydrogen-bond acceptors (Lipinski definition) is 4. The zero-order valence-corrected chi connectivity index (χ0v) is 21.6. The fourth-order valence-corrected chi connectivity index (χ4v) is 5.82. The lowest BCUT2D eigenvalue weighted by molar-refractivity contribution is -0.137. The number of anilines is 1. The van der Waals surface area contributed by atoms with Crippen molar-refractivity contribution in [1.82, 2.24) is 4.90 Å². The molecule has 2 aliphatic rings. The first-order valence-electron chi connectivity index (χ1n) is 13.3. The Morgan fingerprint density at radius 3 is 2.05 bits per heavy atom. The number of carbonyl (C=O) groups is 1. The summed E-state index contributed by atoms with van der Waals surface area (Å²) in [6, 6.07) is 13.0. The van der Waals surface area contributed by atoms with Gasteiger partial charge in [-0.05, 0) is 54.8 Å². The van der Waals surface area contributed by atoms with E-state index < -0.39 is 17.3 Å². The van der Waals surface area contributed by atoms with Gasteiger partial charge in [-0.25, -0.2) is 0 Å². The molecular weight excluding hydrogens is 481 g/mol. The number of benzene rings is 2. The maximum absolute atomic E-state index is 13.3. The number of amides is 1. The molecule has 0 saturated carbocycles. The molecule has 2 aromatic carbocycles. The molecule has 3 unspecified atom stereocenters. The third-order valence-electron chi connectivity index (χ3n) is 7.97. The van der Waals surface area contributed by atoms with Crippen LogP contribution in [0.1, 0.15) is 61.0 Å². The van der Waals surface area contributed by atoms with Crippen molar-refractivity contribution in [1.29, 1.82) is 0 Å². The van der Waals surface area contributed by atoms with Crippen molar-refractivity contribution >= 4 is 11.6 Å². The Morgan fingerprint density at radius 1 is 0.946 bits per heavy atom. The maximum atomic E-state index is 13.3. The summed E-state index contributed by atoms with van der Waals surface area (Å²) in [5.74, 6) is 0.618. The Labute approximate surface area is 217 Å². The van der Waals surface area contributed by atoms with Crippen LogP contribution in [0.2, 0.25) is 0 Å². The Balaban J connectivity index is 1.38. The number of halogens is 3. The minimum Gasteiger partial charge on any atom is -0.394 e. The third kappa shape index (κ3) is 5.96. The predicted octanol–water partition coefficient (Wildman–Crippen LogP) is 5.72. The van der Waals surface area contributed by atoms with Crippen LogP contribution in [0.4, 0.5) is 18.9 Å². The second kappa shape index (κ2) is 11.4. The molecule has 5 nitrogen and oxygen atoms in total. The summed E-state index contributed by atoms with van der Waals surface area (Å²) in [7, 11) is 0. The zero-order chi connectivity index (χ0) is 26.6. The van der Waals surface area contributed by atoms with Crippen LogP contribution in [0.3, 0.4) is 0 Å². The van der Waals surface area contributed by atoms with Crippen LogP contribution in [0, 0.1) is 11.8 Å². The topological polar surface area (TPSA) is 53.0 Å². The zero-order valence-electron chi connectivity index (χ0n) is 21.6. The van der Waals surface area contributed by atoms with Crippen molar-refractivity contribution < 1.29 is 27.8 Å². The van der Waals surface area contributed by atoms with Crippen LogP contribution in [-0.4, -0.2) is 55.3 Å². The van der Waals surface area contributed by atoms with Gasteiger partial charge in [0, 0.05) is 49.3 Å². The second-order valence-electron chi connectivity index (χ2n) is 10.3. The van der Waals surface area contributed by atoms with Crippen LogP contribution in [0.25, 0.3) is 0 Å². The average molecular weight is 519 g/mol. The average Bonchev–Trinajstić information content (AvgIpc) is 3.48. The van der Waals surface area contributed by atoms with Gasteiger partial charge in [0.15, 0.2) is 0 Å². The number of aliphatic hydroxyl groups is 1. The van der Waals surface area contributed by atoms with Crippen molar-refractivity contribution in [2.45, 2.75) is 51.3 Å². The van der Waals surface area contributed by atoms with E-state index in [4.69, 9.17) is 4.74 Å². The van der Waals surface area contributed by atoms with E-state index in [2.05, 4.69) is 18.7 Å². The highest BCUT2D eigenvalue weighted by atomic mass is 19.4. The number of ether oxygens (including phenoxy) is 1. The monoisotopic (exact) mass is 518 g/mol. The van der Waals surface area contributed by atoms with Gasteiger partial charge in [-0.3, -0.25) is 4.79 Å². The molecule has 2 fully saturated rings. The quantitative estimate of drug-likeness (QED) is 0.437. The van der Waals surface area contributed by atoms with E-state index in [1.165, 1.54) is 12.1 Å². The van der Waals surface area contributed by atoms with Gasteiger partial charge in [0.2, 0.25) is 0 Å². The van der Waals surface area contributed by atoms with E-state index in [9.17, 15) is 23.1 Å². The van der Waals surface area contributed by atoms with Crippen molar-refractivity contribution in [3.05, 3.63) is 65.2 Å². The van der Waals surface area contributed by atoms with Gasteiger partial charge in [-0.2, -0.15) is 13.2 Å². The second-order valence-corrected chi connectivity index (χ2v) is 10.3. The van der Waals surface area contributed by atoms with E-state index in [1.54, 1.807) is 0 Å². The number of unbranched alkanes of at least 4 members (excludes halogenated alkanes) is 1. The first-order valence-corrected chi connectivity index (χ1v) is 13.3. The molecule has 2 saturated heterocycles. The summed E-state index contributed by atoms with van der Waals surface area (Å²) < 4.78 is 44.8. The van der Waals surface area contributed by atoms with Crippen LogP contribution >= 0.6 is 0 Å². The first kappa shape index (κ1) is 27.5. The van der Waals surface area contributed by atoms with Gasteiger partial charge in [-0.1, -0.05) is 38.8 Å². The molecule has 0 aliphatic carbocycles. The number of carbonyl (C=O) groups excluding carboxylic acids is 1. The normalized spacial score (nSPS) is 21.2. The SMILES string of the molecule is CCCCC(CC)(OCCO)c1ccc(C(=O)N2CC3CN(c4ccc(C(F)(F)F)cc4)CC3C2)cc1. The van der Waals surface area contributed by atoms with Gasteiger partial charge < -0.3 is 19.6 Å². The molecular formula is C29H37F3N2O3. The highest BCUT2D eigenvalue weighted by Crippen LogP contribution is 2.38. The highest BCUT2D eigenvalue weighted by Gasteiger charge is 2.42. The van der Waals surface area contributed by atoms with Crippen molar-refractivity contribution in [2.75, 3.05) is 44.3 Å². The van der Waals surface area contributed by atoms with E-state index in [1.807, 2.05) is 29.2 Å². The number of hydrogen-bond donors (Lipinski definition) is 1. The van der Waals surface area contributed by atoms with E-state index in [-0.39, 0.29) is 19.1 Å². The standard InChI is InChI=1S/C29H37F3N2O3/c1-3-5-14-28(4-2,37-16-15-35)24-8-6-21(7-9-24)27(36)34-19-22-17-33(18-23(22)20-34)26-12-10-25(11-13-26)29(30,31)32/h6-13,22-23,35H,3-5,14-20H2,1-2H3. The molecule has 202 valence electrons. The van der Waals surface area contributed by atoms with Crippen LogP contribution in [-0.2, 0) is 16.5 Å². The Morgan fingerprint density at radius 2 is 1.54 bits per heavy atom. The van der Waals surface area contributed by atoms with E-state index in [0.29, 0.717) is 30.5 Å². The number of rotatable bonds is 10. The summed E-state index contributed by atoms with van der Waals surface area (Å²) in [6.45, 7) is 7.24. The van der Waals surface area contributed by atoms with Gasteiger partial charge >= 0.3 is 6.18 Å². The van der Waals surface area contributed by atoms with Crippen molar-refractivity contribution in [3.8, 4) is 0 Å². The van der Waals surface area contributed by atoms with E-state index >= 15 is 0 Å². The molecule has 1 amide bonds. The predicted molar refractivity (Wildman–Crippen MR) is 138 cm³/mol. The smallest absolute Gasteiger partial charge is 0.394 e. The molecule has 37 heavy (non-hydrogen) atoms. The molecule has 3 atom stereocenters. The van der Waals surface area contributed by atoms with Crippen LogP contribution in [0.5, 0.6) is 0 Å². The molecule has 0 bridgehead atoms. The lowest BCUT2D eigenvalue weighted by Crippen LogP contribution is -2.33. The molecule has 2 aromatic rings. The first-order chi connectivity index (χ1) is 17.7. The van der Waals surface area contributed by atoms with Gasteiger partial charge in [0.05, 0.1) is 24.4 Å². The fraction of sp³-hybridized carbons (Fsp3) is 0.552. The Bertz CT molecular complexity index is 1020. The van der Waals surface area contributed by atoms with Crippen LogP contribution < -0.4 is 4.90 Å². The minimum atomic E-state index is -4.33. The van der Waals surface area contributed by atoms with Crippen LogP contribution in [0.15, 0.2) is 48.5 Å². The summed E-state index contributed by atoms with van der Waals surface area (Å²) in [6.07, 6.45) is -0.628.